The average Bonchev–Trinajstić information content (AvgIpc) is 2.36. The molecule has 0 aromatic heterocycles. The quantitative estimate of drug-likeness (QED) is 0.804. The molecular weight excluding hydrogens is 222 g/mol. The van der Waals surface area contributed by atoms with Gasteiger partial charge < -0.3 is 16.0 Å². The van der Waals surface area contributed by atoms with Crippen molar-refractivity contribution in [2.45, 2.75) is 39.2 Å². The maximum Gasteiger partial charge on any atom is 0.0605 e. The summed E-state index contributed by atoms with van der Waals surface area (Å²) < 4.78 is 0. The van der Waals surface area contributed by atoms with Crippen LogP contribution in [0.4, 0.5) is 11.4 Å². The SMILES string of the molecule is CCCN1CCC(Nc2c(C)cccc2N)CC1. The maximum absolute atomic E-state index is 6.04. The number of aryl methyl sites for hydroxylation is 1. The standard InChI is InChI=1S/C15H25N3/c1-3-9-18-10-7-13(8-11-18)17-15-12(2)5-4-6-14(15)16/h4-6,13,17H,3,7-11,16H2,1-2H3. The number of hydrogen-bond acceptors (Lipinski definition) is 3. The zero-order valence-electron chi connectivity index (χ0n) is 11.6. The Balaban J connectivity index is 1.92. The van der Waals surface area contributed by atoms with Crippen molar-refractivity contribution in [3.05, 3.63) is 23.8 Å². The highest BCUT2D eigenvalue weighted by Gasteiger charge is 2.19. The molecule has 0 atom stereocenters. The molecule has 18 heavy (non-hydrogen) atoms. The van der Waals surface area contributed by atoms with Crippen LogP contribution in [0.2, 0.25) is 0 Å². The Bertz CT molecular complexity index is 361. The van der Waals surface area contributed by atoms with E-state index in [0.29, 0.717) is 6.04 Å². The molecular formula is C15H25N3. The average molecular weight is 247 g/mol. The minimum Gasteiger partial charge on any atom is -0.397 e. The lowest BCUT2D eigenvalue weighted by molar-refractivity contribution is 0.219. The van der Waals surface area contributed by atoms with Crippen LogP contribution in [0.15, 0.2) is 18.2 Å². The number of anilines is 2. The highest BCUT2D eigenvalue weighted by Crippen LogP contribution is 2.25. The molecule has 0 spiro atoms. The van der Waals surface area contributed by atoms with Crippen molar-refractivity contribution in [2.24, 2.45) is 0 Å². The van der Waals surface area contributed by atoms with E-state index in [-0.39, 0.29) is 0 Å². The molecule has 0 amide bonds. The van der Waals surface area contributed by atoms with Gasteiger partial charge in [0.15, 0.2) is 0 Å². The van der Waals surface area contributed by atoms with Crippen LogP contribution in [-0.2, 0) is 0 Å². The fourth-order valence-corrected chi connectivity index (χ4v) is 2.71. The fourth-order valence-electron chi connectivity index (χ4n) is 2.71. The maximum atomic E-state index is 6.04. The normalized spacial score (nSPS) is 17.9. The third kappa shape index (κ3) is 3.16. The number of nitrogen functional groups attached to an aromatic ring is 1. The van der Waals surface area contributed by atoms with E-state index in [1.807, 2.05) is 12.1 Å². The van der Waals surface area contributed by atoms with Crippen LogP contribution in [0.25, 0.3) is 0 Å². The third-order valence-electron chi connectivity index (χ3n) is 3.78. The van der Waals surface area contributed by atoms with Crippen LogP contribution in [0.3, 0.4) is 0 Å². The highest BCUT2D eigenvalue weighted by atomic mass is 15.1. The van der Waals surface area contributed by atoms with E-state index >= 15 is 0 Å². The number of nitrogens with one attached hydrogen (secondary N) is 1. The molecule has 100 valence electrons. The zero-order chi connectivity index (χ0) is 13.0. The minimum atomic E-state index is 0.571. The lowest BCUT2D eigenvalue weighted by Crippen LogP contribution is -2.39. The van der Waals surface area contributed by atoms with E-state index in [2.05, 4.69) is 30.1 Å². The van der Waals surface area contributed by atoms with Gasteiger partial charge in [-0.15, -0.1) is 0 Å². The molecule has 1 aromatic carbocycles. The van der Waals surface area contributed by atoms with Gasteiger partial charge in [-0.25, -0.2) is 0 Å². The van der Waals surface area contributed by atoms with Gasteiger partial charge >= 0.3 is 0 Å². The summed E-state index contributed by atoms with van der Waals surface area (Å²) in [4.78, 5) is 2.55. The Labute approximate surface area is 110 Å². The molecule has 1 heterocycles. The molecule has 1 fully saturated rings. The summed E-state index contributed by atoms with van der Waals surface area (Å²) in [6.45, 7) is 8.01. The lowest BCUT2D eigenvalue weighted by Gasteiger charge is -2.33. The number of hydrogen-bond donors (Lipinski definition) is 2. The third-order valence-corrected chi connectivity index (χ3v) is 3.78. The fraction of sp³-hybridized carbons (Fsp3) is 0.600. The van der Waals surface area contributed by atoms with Gasteiger partial charge in [-0.2, -0.15) is 0 Å². The minimum absolute atomic E-state index is 0.571. The molecule has 1 saturated heterocycles. The Kier molecular flexibility index (Phi) is 4.48. The predicted octanol–water partition coefficient (Wildman–Crippen LogP) is 2.86. The van der Waals surface area contributed by atoms with Crippen LogP contribution in [-0.4, -0.2) is 30.6 Å². The lowest BCUT2D eigenvalue weighted by atomic mass is 10.0. The van der Waals surface area contributed by atoms with Crippen molar-refractivity contribution in [3.8, 4) is 0 Å². The van der Waals surface area contributed by atoms with Gasteiger partial charge in [-0.1, -0.05) is 19.1 Å². The molecule has 0 aliphatic carbocycles. The Morgan fingerprint density at radius 1 is 1.33 bits per heavy atom. The van der Waals surface area contributed by atoms with Crippen molar-refractivity contribution < 1.29 is 0 Å². The smallest absolute Gasteiger partial charge is 0.0605 e. The first-order chi connectivity index (χ1) is 8.70. The molecule has 0 bridgehead atoms. The Morgan fingerprint density at radius 2 is 2.06 bits per heavy atom. The first-order valence-electron chi connectivity index (χ1n) is 7.04. The second-order valence-corrected chi connectivity index (χ2v) is 5.30. The van der Waals surface area contributed by atoms with Crippen molar-refractivity contribution in [1.29, 1.82) is 0 Å². The van der Waals surface area contributed by atoms with Gasteiger partial charge in [0.25, 0.3) is 0 Å². The summed E-state index contributed by atoms with van der Waals surface area (Å²) in [7, 11) is 0. The topological polar surface area (TPSA) is 41.3 Å². The number of benzene rings is 1. The monoisotopic (exact) mass is 247 g/mol. The summed E-state index contributed by atoms with van der Waals surface area (Å²) in [5, 5.41) is 3.63. The van der Waals surface area contributed by atoms with E-state index in [1.165, 1.54) is 44.5 Å². The van der Waals surface area contributed by atoms with Crippen molar-refractivity contribution in [1.82, 2.24) is 4.90 Å². The summed E-state index contributed by atoms with van der Waals surface area (Å²) >= 11 is 0. The largest absolute Gasteiger partial charge is 0.397 e. The number of rotatable bonds is 4. The van der Waals surface area contributed by atoms with Crippen LogP contribution in [0.5, 0.6) is 0 Å². The number of piperidine rings is 1. The molecule has 1 aliphatic rings. The van der Waals surface area contributed by atoms with E-state index in [4.69, 9.17) is 5.73 Å². The van der Waals surface area contributed by atoms with Gasteiger partial charge in [0.2, 0.25) is 0 Å². The van der Waals surface area contributed by atoms with Gasteiger partial charge in [-0.05, 0) is 44.4 Å². The van der Waals surface area contributed by atoms with E-state index in [1.54, 1.807) is 0 Å². The Hall–Kier alpha value is -1.22. The molecule has 0 radical (unpaired) electrons. The van der Waals surface area contributed by atoms with E-state index in [0.717, 1.165) is 11.4 Å². The van der Waals surface area contributed by atoms with Crippen molar-refractivity contribution in [3.63, 3.8) is 0 Å². The number of likely N-dealkylation sites (tertiary alicyclic amines) is 1. The molecule has 3 nitrogen and oxygen atoms in total. The predicted molar refractivity (Wildman–Crippen MR) is 79.0 cm³/mol. The molecule has 0 unspecified atom stereocenters. The van der Waals surface area contributed by atoms with Gasteiger partial charge in [-0.3, -0.25) is 0 Å². The molecule has 2 rings (SSSR count). The Morgan fingerprint density at radius 3 is 2.67 bits per heavy atom. The van der Waals surface area contributed by atoms with Gasteiger partial charge in [0.1, 0.15) is 0 Å². The van der Waals surface area contributed by atoms with Crippen molar-refractivity contribution >= 4 is 11.4 Å². The van der Waals surface area contributed by atoms with E-state index < -0.39 is 0 Å². The molecule has 3 N–H and O–H groups in total. The molecule has 0 saturated carbocycles. The second kappa shape index (κ2) is 6.10. The molecule has 1 aromatic rings. The first kappa shape index (κ1) is 13.2. The van der Waals surface area contributed by atoms with Crippen molar-refractivity contribution in [2.75, 3.05) is 30.7 Å². The van der Waals surface area contributed by atoms with Gasteiger partial charge in [0, 0.05) is 19.1 Å². The number of nitrogens with two attached hydrogens (primary N) is 1. The molecule has 1 aliphatic heterocycles. The molecule has 3 heteroatoms. The highest BCUT2D eigenvalue weighted by molar-refractivity contribution is 5.70. The van der Waals surface area contributed by atoms with Crippen LogP contribution >= 0.6 is 0 Å². The summed E-state index contributed by atoms with van der Waals surface area (Å²) in [6, 6.07) is 6.67. The van der Waals surface area contributed by atoms with E-state index in [9.17, 15) is 0 Å². The second-order valence-electron chi connectivity index (χ2n) is 5.30. The van der Waals surface area contributed by atoms with Crippen LogP contribution in [0.1, 0.15) is 31.7 Å². The van der Waals surface area contributed by atoms with Gasteiger partial charge in [0.05, 0.1) is 11.4 Å². The summed E-state index contributed by atoms with van der Waals surface area (Å²) in [5.74, 6) is 0. The summed E-state index contributed by atoms with van der Waals surface area (Å²) in [6.07, 6.45) is 3.68. The number of para-hydroxylation sites is 1. The zero-order valence-corrected chi connectivity index (χ0v) is 11.6. The summed E-state index contributed by atoms with van der Waals surface area (Å²) in [5.41, 5.74) is 9.28. The van der Waals surface area contributed by atoms with Crippen LogP contribution < -0.4 is 11.1 Å². The number of nitrogens with zero attached hydrogens (tertiary/aromatic N) is 1. The van der Waals surface area contributed by atoms with Crippen LogP contribution in [0, 0.1) is 6.92 Å². The first-order valence-corrected chi connectivity index (χ1v) is 7.04.